The van der Waals surface area contributed by atoms with Crippen molar-refractivity contribution in [3.8, 4) is 5.75 Å². The van der Waals surface area contributed by atoms with Gasteiger partial charge in [-0.3, -0.25) is 0 Å². The van der Waals surface area contributed by atoms with Crippen molar-refractivity contribution in [3.05, 3.63) is 22.4 Å². The summed E-state index contributed by atoms with van der Waals surface area (Å²) in [5, 5.41) is 8.97. The maximum atomic E-state index is 8.97. The van der Waals surface area contributed by atoms with Crippen molar-refractivity contribution in [1.29, 1.82) is 0 Å². The number of nitrogens with zero attached hydrogens (tertiary/aromatic N) is 1. The van der Waals surface area contributed by atoms with E-state index in [1.54, 1.807) is 12.3 Å². The van der Waals surface area contributed by atoms with Gasteiger partial charge in [0.2, 0.25) is 0 Å². The van der Waals surface area contributed by atoms with Gasteiger partial charge in [-0.25, -0.2) is 4.98 Å². The summed E-state index contributed by atoms with van der Waals surface area (Å²) in [7, 11) is 1.53. The quantitative estimate of drug-likeness (QED) is 0.644. The van der Waals surface area contributed by atoms with Gasteiger partial charge >= 0.3 is 0 Å². The predicted octanol–water partition coefficient (Wildman–Crippen LogP) is 1.32. The number of halogens is 1. The number of aromatic nitrogens is 1. The molecule has 0 aliphatic heterocycles. The highest BCUT2D eigenvalue weighted by Crippen LogP contribution is 2.26. The molecule has 13 heavy (non-hydrogen) atoms. The van der Waals surface area contributed by atoms with E-state index in [1.807, 2.05) is 0 Å². The van der Waals surface area contributed by atoms with Crippen LogP contribution in [0.1, 0.15) is 5.56 Å². The van der Waals surface area contributed by atoms with Crippen LogP contribution in [0.15, 0.2) is 16.9 Å². The zero-order valence-electron chi connectivity index (χ0n) is 7.16. The van der Waals surface area contributed by atoms with Crippen molar-refractivity contribution in [1.82, 2.24) is 4.98 Å². The highest BCUT2D eigenvalue weighted by Gasteiger charge is 2.07. The average molecular weight is 248 g/mol. The highest BCUT2D eigenvalue weighted by molar-refractivity contribution is 9.10. The van der Waals surface area contributed by atoms with Gasteiger partial charge in [-0.1, -0.05) is 0 Å². The van der Waals surface area contributed by atoms with E-state index in [4.69, 9.17) is 14.6 Å². The topological polar surface area (TPSA) is 51.6 Å². The lowest BCUT2D eigenvalue weighted by molar-refractivity contribution is 0.0486. The second-order valence-corrected chi connectivity index (χ2v) is 3.05. The van der Waals surface area contributed by atoms with Crippen LogP contribution in [0.3, 0.4) is 0 Å². The molecule has 1 rings (SSSR count). The minimum Gasteiger partial charge on any atom is -0.464 e. The minimum atomic E-state index is -0.0832. The largest absolute Gasteiger partial charge is 0.464 e. The second-order valence-electron chi connectivity index (χ2n) is 2.30. The first kappa shape index (κ1) is 10.4. The van der Waals surface area contributed by atoms with Crippen LogP contribution in [-0.2, 0) is 11.3 Å². The van der Waals surface area contributed by atoms with Crippen molar-refractivity contribution >= 4 is 15.9 Å². The first-order valence-electron chi connectivity index (χ1n) is 3.65. The Bertz CT molecular complexity index is 280. The molecular weight excluding hydrogens is 238 g/mol. The molecule has 5 heteroatoms. The minimum absolute atomic E-state index is 0.0832. The molecule has 0 bridgehead atoms. The van der Waals surface area contributed by atoms with Crippen LogP contribution in [0.25, 0.3) is 0 Å². The van der Waals surface area contributed by atoms with Gasteiger partial charge < -0.3 is 14.6 Å². The van der Waals surface area contributed by atoms with Gasteiger partial charge in [-0.2, -0.15) is 0 Å². The molecule has 1 heterocycles. The lowest BCUT2D eigenvalue weighted by Crippen LogP contribution is -2.03. The lowest BCUT2D eigenvalue weighted by atomic mass is 10.3. The van der Waals surface area contributed by atoms with E-state index in [0.717, 1.165) is 0 Å². The van der Waals surface area contributed by atoms with Gasteiger partial charge in [0.15, 0.2) is 12.5 Å². The van der Waals surface area contributed by atoms with E-state index in [-0.39, 0.29) is 13.4 Å². The molecule has 0 amide bonds. The molecule has 4 nitrogen and oxygen atoms in total. The smallest absolute Gasteiger partial charge is 0.188 e. The number of hydrogen-bond acceptors (Lipinski definition) is 4. The zero-order valence-corrected chi connectivity index (χ0v) is 8.74. The Kier molecular flexibility index (Phi) is 4.14. The third kappa shape index (κ3) is 2.65. The van der Waals surface area contributed by atoms with E-state index in [0.29, 0.717) is 15.9 Å². The fourth-order valence-corrected chi connectivity index (χ4v) is 1.34. The number of methoxy groups -OCH3 is 1. The van der Waals surface area contributed by atoms with E-state index in [1.165, 1.54) is 7.11 Å². The normalized spacial score (nSPS) is 10.1. The molecule has 0 saturated heterocycles. The van der Waals surface area contributed by atoms with Crippen LogP contribution < -0.4 is 4.74 Å². The van der Waals surface area contributed by atoms with Crippen molar-refractivity contribution in [2.75, 3.05) is 13.9 Å². The molecule has 0 radical (unpaired) electrons. The Hall–Kier alpha value is -0.650. The summed E-state index contributed by atoms with van der Waals surface area (Å²) in [6.45, 7) is 0.0530. The molecule has 1 aromatic heterocycles. The van der Waals surface area contributed by atoms with Gasteiger partial charge in [0.25, 0.3) is 0 Å². The molecule has 0 aromatic carbocycles. The molecule has 0 atom stereocenters. The fraction of sp³-hybridized carbons (Fsp3) is 0.375. The van der Waals surface area contributed by atoms with Crippen LogP contribution in [0.5, 0.6) is 5.75 Å². The van der Waals surface area contributed by atoms with Gasteiger partial charge in [-0.15, -0.1) is 0 Å². The molecule has 0 aliphatic carbocycles. The van der Waals surface area contributed by atoms with E-state index < -0.39 is 0 Å². The number of hydrogen-bond donors (Lipinski definition) is 1. The van der Waals surface area contributed by atoms with Crippen LogP contribution in [0, 0.1) is 0 Å². The lowest BCUT2D eigenvalue weighted by Gasteiger charge is -2.09. The Morgan fingerprint density at radius 3 is 3.00 bits per heavy atom. The summed E-state index contributed by atoms with van der Waals surface area (Å²) in [4.78, 5) is 3.97. The third-order valence-corrected chi connectivity index (χ3v) is 2.00. The second kappa shape index (κ2) is 5.16. The summed E-state index contributed by atoms with van der Waals surface area (Å²) in [5.74, 6) is 0.520. The van der Waals surface area contributed by atoms with Gasteiger partial charge in [-0.05, 0) is 22.0 Å². The van der Waals surface area contributed by atoms with E-state index in [2.05, 4.69) is 20.9 Å². The average Bonchev–Trinajstić information content (AvgIpc) is 2.15. The molecule has 0 fully saturated rings. The Labute approximate surface area is 84.6 Å². The SMILES string of the molecule is COCOc1c(CO)ccnc1Br. The number of aliphatic hydroxyl groups excluding tert-OH is 1. The fourth-order valence-electron chi connectivity index (χ4n) is 0.854. The van der Waals surface area contributed by atoms with E-state index >= 15 is 0 Å². The molecule has 0 spiro atoms. The van der Waals surface area contributed by atoms with Crippen molar-refractivity contribution in [3.63, 3.8) is 0 Å². The summed E-state index contributed by atoms with van der Waals surface area (Å²) in [5.41, 5.74) is 0.680. The number of pyridine rings is 1. The summed E-state index contributed by atoms with van der Waals surface area (Å²) in [6.07, 6.45) is 1.59. The molecule has 0 aliphatic rings. The summed E-state index contributed by atoms with van der Waals surface area (Å²) < 4.78 is 10.5. The monoisotopic (exact) mass is 247 g/mol. The zero-order chi connectivity index (χ0) is 9.68. The summed E-state index contributed by atoms with van der Waals surface area (Å²) in [6, 6.07) is 1.69. The van der Waals surface area contributed by atoms with Crippen molar-refractivity contribution in [2.24, 2.45) is 0 Å². The Morgan fingerprint density at radius 2 is 2.38 bits per heavy atom. The van der Waals surface area contributed by atoms with Gasteiger partial charge in [0.1, 0.15) is 4.60 Å². The Balaban J connectivity index is 2.87. The predicted molar refractivity (Wildman–Crippen MR) is 50.4 cm³/mol. The molecule has 1 N–H and O–H groups in total. The molecular formula is C8H10BrNO3. The van der Waals surface area contributed by atoms with Crippen LogP contribution >= 0.6 is 15.9 Å². The van der Waals surface area contributed by atoms with E-state index in [9.17, 15) is 0 Å². The first-order valence-corrected chi connectivity index (χ1v) is 4.45. The van der Waals surface area contributed by atoms with Gasteiger partial charge in [0, 0.05) is 18.9 Å². The molecule has 72 valence electrons. The maximum Gasteiger partial charge on any atom is 0.188 e. The standard InChI is InChI=1S/C8H10BrNO3/c1-12-5-13-7-6(4-11)2-3-10-8(7)9/h2-3,11H,4-5H2,1H3. The molecule has 0 saturated carbocycles. The van der Waals surface area contributed by atoms with Crippen molar-refractivity contribution < 1.29 is 14.6 Å². The summed E-state index contributed by atoms with van der Waals surface area (Å²) >= 11 is 3.22. The van der Waals surface area contributed by atoms with Crippen LogP contribution in [-0.4, -0.2) is 24.0 Å². The third-order valence-electron chi connectivity index (χ3n) is 1.43. The van der Waals surface area contributed by atoms with Gasteiger partial charge in [0.05, 0.1) is 6.61 Å². The first-order chi connectivity index (χ1) is 6.29. The molecule has 1 aromatic rings. The molecule has 0 unspecified atom stereocenters. The van der Waals surface area contributed by atoms with Crippen LogP contribution in [0.2, 0.25) is 0 Å². The number of ether oxygens (including phenoxy) is 2. The van der Waals surface area contributed by atoms with Crippen LogP contribution in [0.4, 0.5) is 0 Å². The van der Waals surface area contributed by atoms with Crippen molar-refractivity contribution in [2.45, 2.75) is 6.61 Å². The Morgan fingerprint density at radius 1 is 1.62 bits per heavy atom. The highest BCUT2D eigenvalue weighted by atomic mass is 79.9. The number of aliphatic hydroxyl groups is 1. The maximum absolute atomic E-state index is 8.97. The number of rotatable bonds is 4.